The Morgan fingerprint density at radius 3 is 2.84 bits per heavy atom. The average molecular weight is 362 g/mol. The van der Waals surface area contributed by atoms with Gasteiger partial charge in [0.1, 0.15) is 12.0 Å². The van der Waals surface area contributed by atoms with Gasteiger partial charge in [0.05, 0.1) is 0 Å². The van der Waals surface area contributed by atoms with Crippen LogP contribution >= 0.6 is 11.6 Å². The average Bonchev–Trinajstić information content (AvgIpc) is 3.02. The van der Waals surface area contributed by atoms with E-state index in [0.29, 0.717) is 16.3 Å². The lowest BCUT2D eigenvalue weighted by Gasteiger charge is -2.28. The van der Waals surface area contributed by atoms with Gasteiger partial charge in [-0.2, -0.15) is 0 Å². The molecule has 1 saturated heterocycles. The number of aryl methyl sites for hydroxylation is 1. The summed E-state index contributed by atoms with van der Waals surface area (Å²) >= 11 is 6.08. The van der Waals surface area contributed by atoms with Crippen molar-refractivity contribution in [2.24, 2.45) is 0 Å². The molecule has 1 atom stereocenters. The Balaban J connectivity index is 1.69. The number of nitrogens with one attached hydrogen (secondary N) is 2. The Hall–Kier alpha value is -2.27. The topological polar surface area (TPSA) is 44.4 Å². The monoisotopic (exact) mass is 361 g/mol. The standard InChI is InChI=1S/C19H21ClFN3O/c1-12-8-9-14(11-16(12)21)24-10-4-7-18(24)23-19(25)22-17-6-3-5-15(20)13(17)2/h3,5-6,8-9,11,18H,4,7,10H2,1-2H3,(H2,22,23,25)/t18-/m1/s1. The summed E-state index contributed by atoms with van der Waals surface area (Å²) in [6.45, 7) is 4.37. The molecule has 2 amide bonds. The first-order chi connectivity index (χ1) is 12.0. The molecular weight excluding hydrogens is 341 g/mol. The van der Waals surface area contributed by atoms with Gasteiger partial charge in [0.15, 0.2) is 0 Å². The molecule has 0 aliphatic carbocycles. The van der Waals surface area contributed by atoms with Crippen LogP contribution in [0.3, 0.4) is 0 Å². The van der Waals surface area contributed by atoms with Gasteiger partial charge in [-0.25, -0.2) is 9.18 Å². The number of hydrogen-bond donors (Lipinski definition) is 2. The molecular formula is C19H21ClFN3O. The van der Waals surface area contributed by atoms with E-state index in [2.05, 4.69) is 10.6 Å². The highest BCUT2D eigenvalue weighted by molar-refractivity contribution is 6.31. The van der Waals surface area contributed by atoms with E-state index in [1.54, 1.807) is 25.1 Å². The lowest BCUT2D eigenvalue weighted by Crippen LogP contribution is -2.46. The number of halogens is 2. The maximum absolute atomic E-state index is 13.9. The van der Waals surface area contributed by atoms with Crippen molar-refractivity contribution in [1.29, 1.82) is 0 Å². The smallest absolute Gasteiger partial charge is 0.320 e. The minimum absolute atomic E-state index is 0.165. The minimum atomic E-state index is -0.296. The molecule has 0 unspecified atom stereocenters. The SMILES string of the molecule is Cc1ccc(N2CCC[C@@H]2NC(=O)Nc2cccc(Cl)c2C)cc1F. The first-order valence-corrected chi connectivity index (χ1v) is 8.69. The summed E-state index contributed by atoms with van der Waals surface area (Å²) in [6, 6.07) is 10.3. The zero-order chi connectivity index (χ0) is 18.0. The fourth-order valence-electron chi connectivity index (χ4n) is 3.04. The van der Waals surface area contributed by atoms with Gasteiger partial charge in [-0.15, -0.1) is 0 Å². The summed E-state index contributed by atoms with van der Waals surface area (Å²) in [5.74, 6) is -0.234. The normalized spacial score (nSPS) is 16.8. The van der Waals surface area contributed by atoms with E-state index < -0.39 is 0 Å². The quantitative estimate of drug-likeness (QED) is 0.821. The number of amides is 2. The largest absolute Gasteiger partial charge is 0.351 e. The number of benzene rings is 2. The summed E-state index contributed by atoms with van der Waals surface area (Å²) in [6.07, 6.45) is 1.59. The molecule has 132 valence electrons. The van der Waals surface area contributed by atoms with E-state index in [1.165, 1.54) is 6.07 Å². The predicted octanol–water partition coefficient (Wildman–Crippen LogP) is 4.84. The Bertz CT molecular complexity index is 796. The highest BCUT2D eigenvalue weighted by atomic mass is 35.5. The molecule has 0 saturated carbocycles. The van der Waals surface area contributed by atoms with Crippen molar-refractivity contribution < 1.29 is 9.18 Å². The second-order valence-corrected chi connectivity index (χ2v) is 6.70. The van der Waals surface area contributed by atoms with Crippen LogP contribution in [0.15, 0.2) is 36.4 Å². The molecule has 0 spiro atoms. The van der Waals surface area contributed by atoms with Crippen molar-refractivity contribution in [1.82, 2.24) is 5.32 Å². The number of carbonyl (C=O) groups excluding carboxylic acids is 1. The molecule has 0 aromatic heterocycles. The van der Waals surface area contributed by atoms with Crippen LogP contribution in [0.4, 0.5) is 20.6 Å². The first-order valence-electron chi connectivity index (χ1n) is 8.31. The fourth-order valence-corrected chi connectivity index (χ4v) is 3.21. The van der Waals surface area contributed by atoms with Crippen molar-refractivity contribution >= 4 is 29.0 Å². The zero-order valence-corrected chi connectivity index (χ0v) is 15.0. The number of hydrogen-bond acceptors (Lipinski definition) is 2. The molecule has 2 aromatic carbocycles. The van der Waals surface area contributed by atoms with Crippen LogP contribution in [0.25, 0.3) is 0 Å². The lowest BCUT2D eigenvalue weighted by atomic mass is 10.2. The van der Waals surface area contributed by atoms with Gasteiger partial charge < -0.3 is 15.5 Å². The molecule has 25 heavy (non-hydrogen) atoms. The third-order valence-corrected chi connectivity index (χ3v) is 4.96. The van der Waals surface area contributed by atoms with Crippen LogP contribution in [0, 0.1) is 19.7 Å². The van der Waals surface area contributed by atoms with Gasteiger partial charge in [-0.05, 0) is 62.1 Å². The molecule has 2 aromatic rings. The minimum Gasteiger partial charge on any atom is -0.351 e. The maximum atomic E-state index is 13.9. The van der Waals surface area contributed by atoms with Gasteiger partial charge in [0, 0.05) is 22.9 Å². The summed E-state index contributed by atoms with van der Waals surface area (Å²) < 4.78 is 13.9. The fraction of sp³-hybridized carbons (Fsp3) is 0.316. The second kappa shape index (κ2) is 7.31. The van der Waals surface area contributed by atoms with Gasteiger partial charge in [-0.1, -0.05) is 23.7 Å². The molecule has 0 radical (unpaired) electrons. The molecule has 0 bridgehead atoms. The predicted molar refractivity (Wildman–Crippen MR) is 99.8 cm³/mol. The van der Waals surface area contributed by atoms with Gasteiger partial charge >= 0.3 is 6.03 Å². The van der Waals surface area contributed by atoms with Crippen molar-refractivity contribution in [2.45, 2.75) is 32.9 Å². The molecule has 2 N–H and O–H groups in total. The third-order valence-electron chi connectivity index (χ3n) is 4.55. The summed E-state index contributed by atoms with van der Waals surface area (Å²) in [5, 5.41) is 6.41. The Morgan fingerprint density at radius 1 is 1.28 bits per heavy atom. The van der Waals surface area contributed by atoms with Crippen LogP contribution in [0.2, 0.25) is 5.02 Å². The van der Waals surface area contributed by atoms with Crippen molar-refractivity contribution in [3.8, 4) is 0 Å². The molecule has 6 heteroatoms. The summed E-state index contributed by atoms with van der Waals surface area (Å²) in [4.78, 5) is 14.4. The first kappa shape index (κ1) is 17.5. The highest BCUT2D eigenvalue weighted by Gasteiger charge is 2.26. The van der Waals surface area contributed by atoms with Crippen LogP contribution in [-0.2, 0) is 0 Å². The van der Waals surface area contributed by atoms with Crippen molar-refractivity contribution in [3.05, 3.63) is 58.4 Å². The molecule has 1 aliphatic rings. The van der Waals surface area contributed by atoms with Gasteiger partial charge in [-0.3, -0.25) is 0 Å². The lowest BCUT2D eigenvalue weighted by molar-refractivity contribution is 0.248. The number of nitrogens with zero attached hydrogens (tertiary/aromatic N) is 1. The van der Waals surface area contributed by atoms with Crippen molar-refractivity contribution in [3.63, 3.8) is 0 Å². The Morgan fingerprint density at radius 2 is 2.08 bits per heavy atom. The van der Waals surface area contributed by atoms with E-state index in [1.807, 2.05) is 24.0 Å². The van der Waals surface area contributed by atoms with E-state index in [4.69, 9.17) is 11.6 Å². The zero-order valence-electron chi connectivity index (χ0n) is 14.3. The number of rotatable bonds is 3. The molecule has 1 aliphatic heterocycles. The molecule has 1 heterocycles. The van der Waals surface area contributed by atoms with E-state index >= 15 is 0 Å². The van der Waals surface area contributed by atoms with Gasteiger partial charge in [0.2, 0.25) is 0 Å². The second-order valence-electron chi connectivity index (χ2n) is 6.30. The number of urea groups is 1. The van der Waals surface area contributed by atoms with E-state index in [-0.39, 0.29) is 18.0 Å². The molecule has 3 rings (SSSR count). The van der Waals surface area contributed by atoms with Crippen LogP contribution < -0.4 is 15.5 Å². The third kappa shape index (κ3) is 3.87. The van der Waals surface area contributed by atoms with E-state index in [9.17, 15) is 9.18 Å². The van der Waals surface area contributed by atoms with Crippen molar-refractivity contribution in [2.75, 3.05) is 16.8 Å². The highest BCUT2D eigenvalue weighted by Crippen LogP contribution is 2.26. The Kier molecular flexibility index (Phi) is 5.13. The number of anilines is 2. The Labute approximate surface area is 152 Å². The number of carbonyl (C=O) groups is 1. The molecule has 1 fully saturated rings. The van der Waals surface area contributed by atoms with Crippen LogP contribution in [0.5, 0.6) is 0 Å². The van der Waals surface area contributed by atoms with E-state index in [0.717, 1.165) is 30.6 Å². The molecule has 4 nitrogen and oxygen atoms in total. The van der Waals surface area contributed by atoms with Crippen LogP contribution in [0.1, 0.15) is 24.0 Å². The maximum Gasteiger partial charge on any atom is 0.320 e. The van der Waals surface area contributed by atoms with Crippen LogP contribution in [-0.4, -0.2) is 18.7 Å². The summed E-state index contributed by atoms with van der Waals surface area (Å²) in [7, 11) is 0. The summed E-state index contributed by atoms with van der Waals surface area (Å²) in [5.41, 5.74) is 2.89. The van der Waals surface area contributed by atoms with Gasteiger partial charge in [0.25, 0.3) is 0 Å².